The minimum absolute atomic E-state index is 0.574. The second-order valence-electron chi connectivity index (χ2n) is 5.38. The van der Waals surface area contributed by atoms with E-state index in [2.05, 4.69) is 38.6 Å². The molecular formula is C14H15N5S2. The Bertz CT molecular complexity index is 831. The second kappa shape index (κ2) is 4.78. The van der Waals surface area contributed by atoms with Crippen LogP contribution in [0.4, 0.5) is 0 Å². The average molecular weight is 317 g/mol. The Hall–Kier alpha value is -1.47. The van der Waals surface area contributed by atoms with E-state index < -0.39 is 0 Å². The number of hydrogen-bond acceptors (Lipinski definition) is 6. The van der Waals surface area contributed by atoms with Crippen molar-refractivity contribution in [1.82, 2.24) is 24.7 Å². The Morgan fingerprint density at radius 1 is 1.19 bits per heavy atom. The third-order valence-corrected chi connectivity index (χ3v) is 5.94. The largest absolute Gasteiger partial charge is 0.303 e. The molecule has 0 aromatic carbocycles. The summed E-state index contributed by atoms with van der Waals surface area (Å²) >= 11 is 3.33. The van der Waals surface area contributed by atoms with Crippen LogP contribution in [0.2, 0.25) is 0 Å². The number of rotatable bonds is 3. The van der Waals surface area contributed by atoms with Gasteiger partial charge in [-0.05, 0) is 50.9 Å². The first-order valence-electron chi connectivity index (χ1n) is 6.95. The molecule has 108 valence electrons. The highest BCUT2D eigenvalue weighted by Gasteiger charge is 2.29. The molecule has 3 aromatic heterocycles. The summed E-state index contributed by atoms with van der Waals surface area (Å²) in [5.41, 5.74) is 1.27. The lowest BCUT2D eigenvalue weighted by Crippen LogP contribution is -1.99. The third-order valence-electron chi connectivity index (χ3n) is 3.87. The average Bonchev–Trinajstić information content (AvgIpc) is 3.17. The molecule has 1 aliphatic rings. The van der Waals surface area contributed by atoms with E-state index in [4.69, 9.17) is 0 Å². The van der Waals surface area contributed by atoms with Crippen LogP contribution in [-0.2, 0) is 0 Å². The van der Waals surface area contributed by atoms with Gasteiger partial charge in [0.05, 0.1) is 0 Å². The van der Waals surface area contributed by atoms with Gasteiger partial charge in [-0.3, -0.25) is 0 Å². The topological polar surface area (TPSA) is 56.5 Å². The number of thiophene rings is 1. The van der Waals surface area contributed by atoms with Gasteiger partial charge in [0.25, 0.3) is 0 Å². The fourth-order valence-electron chi connectivity index (χ4n) is 2.49. The van der Waals surface area contributed by atoms with Crippen molar-refractivity contribution < 1.29 is 0 Å². The summed E-state index contributed by atoms with van der Waals surface area (Å²) in [5, 5.41) is 11.7. The maximum atomic E-state index is 4.48. The van der Waals surface area contributed by atoms with E-state index in [9.17, 15) is 0 Å². The van der Waals surface area contributed by atoms with Crippen LogP contribution in [-0.4, -0.2) is 24.7 Å². The van der Waals surface area contributed by atoms with E-state index in [1.54, 1.807) is 29.4 Å². The molecule has 1 fully saturated rings. The first-order chi connectivity index (χ1) is 10.1. The summed E-state index contributed by atoms with van der Waals surface area (Å²) in [7, 11) is 0. The van der Waals surface area contributed by atoms with Crippen molar-refractivity contribution in [1.29, 1.82) is 0 Å². The van der Waals surface area contributed by atoms with E-state index in [0.29, 0.717) is 6.04 Å². The van der Waals surface area contributed by atoms with Gasteiger partial charge in [0.2, 0.25) is 0 Å². The van der Waals surface area contributed by atoms with Crippen LogP contribution in [0, 0.1) is 20.8 Å². The predicted molar refractivity (Wildman–Crippen MR) is 84.0 cm³/mol. The quantitative estimate of drug-likeness (QED) is 0.690. The molecule has 5 nitrogen and oxygen atoms in total. The lowest BCUT2D eigenvalue weighted by molar-refractivity contribution is 0.644. The van der Waals surface area contributed by atoms with E-state index in [1.807, 2.05) is 6.92 Å². The van der Waals surface area contributed by atoms with Gasteiger partial charge in [-0.25, -0.2) is 9.97 Å². The van der Waals surface area contributed by atoms with Crippen LogP contribution in [0.15, 0.2) is 16.5 Å². The minimum atomic E-state index is 0.574. The molecule has 0 saturated heterocycles. The van der Waals surface area contributed by atoms with Gasteiger partial charge in [-0.15, -0.1) is 21.5 Å². The monoisotopic (exact) mass is 317 g/mol. The van der Waals surface area contributed by atoms with E-state index in [0.717, 1.165) is 26.2 Å². The van der Waals surface area contributed by atoms with Gasteiger partial charge in [-0.2, -0.15) is 0 Å². The molecule has 0 atom stereocenters. The number of aryl methyl sites for hydroxylation is 3. The van der Waals surface area contributed by atoms with Crippen molar-refractivity contribution in [2.75, 3.05) is 0 Å². The summed E-state index contributed by atoms with van der Waals surface area (Å²) < 4.78 is 2.24. The molecule has 7 heteroatoms. The van der Waals surface area contributed by atoms with Crippen molar-refractivity contribution >= 4 is 33.3 Å². The molecule has 0 aliphatic heterocycles. The summed E-state index contributed by atoms with van der Waals surface area (Å²) in [4.78, 5) is 11.2. The number of aromatic nitrogens is 5. The van der Waals surface area contributed by atoms with Crippen molar-refractivity contribution in [3.05, 3.63) is 22.6 Å². The number of nitrogens with zero attached hydrogens (tertiary/aromatic N) is 5. The molecule has 4 rings (SSSR count). The molecule has 1 saturated carbocycles. The fourth-order valence-corrected chi connectivity index (χ4v) is 4.63. The Balaban J connectivity index is 1.81. The highest BCUT2D eigenvalue weighted by Crippen LogP contribution is 2.42. The Kier molecular flexibility index (Phi) is 3.00. The van der Waals surface area contributed by atoms with Crippen LogP contribution in [0.1, 0.15) is 35.1 Å². The highest BCUT2D eigenvalue weighted by atomic mass is 32.2. The first kappa shape index (κ1) is 13.2. The van der Waals surface area contributed by atoms with Crippen LogP contribution < -0.4 is 0 Å². The van der Waals surface area contributed by atoms with Crippen molar-refractivity contribution in [3.8, 4) is 0 Å². The molecule has 0 N–H and O–H groups in total. The Labute approximate surface area is 130 Å². The molecule has 0 unspecified atom stereocenters. The van der Waals surface area contributed by atoms with Crippen LogP contribution in [0.3, 0.4) is 0 Å². The smallest absolute Gasteiger partial charge is 0.197 e. The molecule has 1 aliphatic carbocycles. The standard InChI is InChI=1S/C14H15N5S2/c1-7-8(2)20-12-11(7)13(16-6-15-12)21-14-18-17-9(3)19(14)10-4-5-10/h6,10H,4-5H2,1-3H3. The lowest BCUT2D eigenvalue weighted by Gasteiger charge is -2.06. The summed E-state index contributed by atoms with van der Waals surface area (Å²) in [6, 6.07) is 0.574. The Morgan fingerprint density at radius 2 is 2.00 bits per heavy atom. The van der Waals surface area contributed by atoms with Gasteiger partial charge in [0, 0.05) is 16.3 Å². The zero-order valence-electron chi connectivity index (χ0n) is 12.1. The molecule has 3 heterocycles. The minimum Gasteiger partial charge on any atom is -0.303 e. The number of fused-ring (bicyclic) bond motifs is 1. The maximum absolute atomic E-state index is 4.48. The zero-order chi connectivity index (χ0) is 14.6. The summed E-state index contributed by atoms with van der Waals surface area (Å²) in [5.74, 6) is 0.989. The van der Waals surface area contributed by atoms with Gasteiger partial charge < -0.3 is 4.57 Å². The third kappa shape index (κ3) is 2.15. The van der Waals surface area contributed by atoms with Gasteiger partial charge in [-0.1, -0.05) is 0 Å². The normalized spacial score (nSPS) is 15.0. The molecular weight excluding hydrogens is 302 g/mol. The van der Waals surface area contributed by atoms with Gasteiger partial charge in [0.1, 0.15) is 22.0 Å². The zero-order valence-corrected chi connectivity index (χ0v) is 13.8. The molecule has 3 aromatic rings. The molecule has 0 spiro atoms. The van der Waals surface area contributed by atoms with E-state index in [1.165, 1.54) is 23.3 Å². The molecule has 0 amide bonds. The van der Waals surface area contributed by atoms with E-state index in [-0.39, 0.29) is 0 Å². The van der Waals surface area contributed by atoms with Crippen LogP contribution in [0.5, 0.6) is 0 Å². The fraction of sp³-hybridized carbons (Fsp3) is 0.429. The van der Waals surface area contributed by atoms with Crippen LogP contribution >= 0.6 is 23.1 Å². The highest BCUT2D eigenvalue weighted by molar-refractivity contribution is 7.99. The van der Waals surface area contributed by atoms with Crippen molar-refractivity contribution in [2.45, 2.75) is 49.8 Å². The van der Waals surface area contributed by atoms with Crippen LogP contribution in [0.25, 0.3) is 10.2 Å². The molecule has 21 heavy (non-hydrogen) atoms. The summed E-state index contributed by atoms with van der Waals surface area (Å²) in [6.07, 6.45) is 4.09. The van der Waals surface area contributed by atoms with Gasteiger partial charge in [0.15, 0.2) is 5.16 Å². The Morgan fingerprint density at radius 3 is 2.76 bits per heavy atom. The number of hydrogen-bond donors (Lipinski definition) is 0. The SMILES string of the molecule is Cc1sc2ncnc(Sc3nnc(C)n3C3CC3)c2c1C. The van der Waals surface area contributed by atoms with Crippen molar-refractivity contribution in [3.63, 3.8) is 0 Å². The van der Waals surface area contributed by atoms with Crippen molar-refractivity contribution in [2.24, 2.45) is 0 Å². The lowest BCUT2D eigenvalue weighted by atomic mass is 10.2. The summed E-state index contributed by atoms with van der Waals surface area (Å²) in [6.45, 7) is 6.29. The predicted octanol–water partition coefficient (Wildman–Crippen LogP) is 3.69. The molecule has 0 radical (unpaired) electrons. The van der Waals surface area contributed by atoms with E-state index >= 15 is 0 Å². The second-order valence-corrected chi connectivity index (χ2v) is 7.53. The maximum Gasteiger partial charge on any atom is 0.197 e. The first-order valence-corrected chi connectivity index (χ1v) is 8.58. The molecule has 0 bridgehead atoms. The van der Waals surface area contributed by atoms with Gasteiger partial charge >= 0.3 is 0 Å².